The number of aliphatic imine (C=N–C) groups is 1. The van der Waals surface area contributed by atoms with Gasteiger partial charge in [-0.05, 0) is 24.3 Å². The van der Waals surface area contributed by atoms with Crippen LogP contribution in [-0.2, 0) is 5.75 Å². The van der Waals surface area contributed by atoms with Gasteiger partial charge in [0.15, 0.2) is 0 Å². The van der Waals surface area contributed by atoms with Crippen molar-refractivity contribution in [3.63, 3.8) is 0 Å². The number of hydrogen-bond acceptors (Lipinski definition) is 8. The minimum atomic E-state index is -0.436. The molecule has 1 N–H and O–H groups in total. The van der Waals surface area contributed by atoms with E-state index in [9.17, 15) is 4.79 Å². The van der Waals surface area contributed by atoms with Crippen molar-refractivity contribution in [1.82, 2.24) is 20.3 Å². The molecule has 142 valence electrons. The van der Waals surface area contributed by atoms with Crippen LogP contribution in [0.25, 0.3) is 23.1 Å². The molecule has 4 aromatic rings. The van der Waals surface area contributed by atoms with E-state index in [1.807, 2.05) is 24.3 Å². The predicted octanol–water partition coefficient (Wildman–Crippen LogP) is 3.96. The van der Waals surface area contributed by atoms with Gasteiger partial charge in [-0.3, -0.25) is 9.98 Å². The molecule has 9 heteroatoms. The zero-order valence-corrected chi connectivity index (χ0v) is 15.7. The van der Waals surface area contributed by atoms with E-state index in [0.717, 1.165) is 22.4 Å². The van der Waals surface area contributed by atoms with Crippen LogP contribution in [-0.4, -0.2) is 26.6 Å². The van der Waals surface area contributed by atoms with E-state index in [4.69, 9.17) is 8.94 Å². The number of pyridine rings is 1. The van der Waals surface area contributed by atoms with E-state index in [1.165, 1.54) is 11.8 Å². The molecule has 4 heterocycles. The highest BCUT2D eigenvalue weighted by molar-refractivity contribution is 7.98. The molecule has 0 spiro atoms. The number of fused-ring (bicyclic) bond motifs is 1. The minimum absolute atomic E-state index is 0.394. The Kier molecular flexibility index (Phi) is 4.41. The number of aromatic nitrogens is 4. The largest absolute Gasteiger partial charge is 0.411 e. The third-order valence-electron chi connectivity index (χ3n) is 4.34. The Hall–Kier alpha value is -3.72. The zero-order valence-electron chi connectivity index (χ0n) is 14.9. The number of para-hydroxylation sites is 1. The number of nitrogens with one attached hydrogen (secondary N) is 1. The van der Waals surface area contributed by atoms with Crippen molar-refractivity contribution >= 4 is 35.3 Å². The van der Waals surface area contributed by atoms with Crippen LogP contribution in [0.2, 0.25) is 0 Å². The Balaban J connectivity index is 1.37. The standard InChI is InChI=1S/C20H13N5O3S/c26-19-15(9-13-10-22-16-4-2-1-3-14(13)16)17(25-28-19)11-29-20-24-23-18(27-20)12-5-7-21-8-6-12/h1-10,25H,11H2/b13-9+. The Morgan fingerprint density at radius 1 is 1.10 bits per heavy atom. The molecule has 0 saturated carbocycles. The van der Waals surface area contributed by atoms with Gasteiger partial charge in [-0.15, -0.1) is 10.2 Å². The van der Waals surface area contributed by atoms with E-state index in [2.05, 4.69) is 25.3 Å². The molecule has 0 bridgehead atoms. The molecule has 5 rings (SSSR count). The Bertz CT molecular complexity index is 1290. The molecule has 1 aliphatic heterocycles. The Morgan fingerprint density at radius 2 is 1.97 bits per heavy atom. The van der Waals surface area contributed by atoms with Crippen LogP contribution in [0.3, 0.4) is 0 Å². The molecular formula is C20H13N5O3S. The third-order valence-corrected chi connectivity index (χ3v) is 5.19. The van der Waals surface area contributed by atoms with Crippen LogP contribution in [0.5, 0.6) is 0 Å². The molecule has 0 radical (unpaired) electrons. The van der Waals surface area contributed by atoms with Crippen LogP contribution >= 0.6 is 11.8 Å². The predicted molar refractivity (Wildman–Crippen MR) is 109 cm³/mol. The second kappa shape index (κ2) is 7.36. The topological polar surface area (TPSA) is 110 Å². The third kappa shape index (κ3) is 3.43. The molecule has 8 nitrogen and oxygen atoms in total. The first-order chi connectivity index (χ1) is 14.3. The second-order valence-corrected chi connectivity index (χ2v) is 7.08. The summed E-state index contributed by atoms with van der Waals surface area (Å²) in [4.78, 5) is 20.5. The van der Waals surface area contributed by atoms with Gasteiger partial charge in [-0.2, -0.15) is 0 Å². The number of aromatic amines is 1. The van der Waals surface area contributed by atoms with Crippen molar-refractivity contribution in [2.45, 2.75) is 11.0 Å². The normalized spacial score (nSPS) is 13.9. The van der Waals surface area contributed by atoms with Gasteiger partial charge in [0.05, 0.1) is 16.9 Å². The lowest BCUT2D eigenvalue weighted by Gasteiger charge is -1.99. The van der Waals surface area contributed by atoms with Gasteiger partial charge >= 0.3 is 5.63 Å². The Morgan fingerprint density at radius 3 is 2.86 bits per heavy atom. The van der Waals surface area contributed by atoms with Gasteiger partial charge in [0, 0.05) is 41.1 Å². The number of H-pyrrole nitrogens is 1. The molecule has 0 amide bonds. The molecule has 0 atom stereocenters. The van der Waals surface area contributed by atoms with Crippen LogP contribution < -0.4 is 5.63 Å². The fourth-order valence-corrected chi connectivity index (χ4v) is 3.64. The van der Waals surface area contributed by atoms with E-state index in [1.54, 1.807) is 36.8 Å². The highest BCUT2D eigenvalue weighted by atomic mass is 32.2. The summed E-state index contributed by atoms with van der Waals surface area (Å²) in [7, 11) is 0. The summed E-state index contributed by atoms with van der Waals surface area (Å²) in [5.74, 6) is 0.818. The summed E-state index contributed by atoms with van der Waals surface area (Å²) < 4.78 is 10.7. The molecule has 0 unspecified atom stereocenters. The highest BCUT2D eigenvalue weighted by Gasteiger charge is 2.17. The van der Waals surface area contributed by atoms with Crippen molar-refractivity contribution < 1.29 is 8.94 Å². The van der Waals surface area contributed by atoms with Crippen LogP contribution in [0.15, 0.2) is 72.7 Å². The van der Waals surface area contributed by atoms with Crippen LogP contribution in [0.4, 0.5) is 5.69 Å². The summed E-state index contributed by atoms with van der Waals surface area (Å²) in [5, 5.41) is 11.2. The summed E-state index contributed by atoms with van der Waals surface area (Å²) in [5.41, 5.74) is 4.15. The average molecular weight is 403 g/mol. The number of nitrogens with zero attached hydrogens (tertiary/aromatic N) is 4. The Labute approximate surface area is 168 Å². The van der Waals surface area contributed by atoms with Crippen molar-refractivity contribution in [1.29, 1.82) is 0 Å². The SMILES string of the molecule is O=c1o[nH]c(CSc2nnc(-c3ccncc3)o2)c1/C=C1\C=Nc2ccccc21. The second-order valence-electron chi connectivity index (χ2n) is 6.16. The number of benzene rings is 1. The molecule has 0 fully saturated rings. The van der Waals surface area contributed by atoms with Gasteiger partial charge in [-0.1, -0.05) is 30.0 Å². The van der Waals surface area contributed by atoms with Crippen LogP contribution in [0.1, 0.15) is 16.8 Å². The highest BCUT2D eigenvalue weighted by Crippen LogP contribution is 2.32. The zero-order chi connectivity index (χ0) is 19.6. The quantitative estimate of drug-likeness (QED) is 0.502. The lowest BCUT2D eigenvalue weighted by molar-refractivity contribution is 0.386. The van der Waals surface area contributed by atoms with Crippen molar-refractivity contribution in [3.05, 3.63) is 76.0 Å². The summed E-state index contributed by atoms with van der Waals surface area (Å²) >= 11 is 1.31. The molecule has 0 saturated heterocycles. The fraction of sp³-hybridized carbons (Fsp3) is 0.0500. The number of hydrogen-bond donors (Lipinski definition) is 1. The monoisotopic (exact) mass is 403 g/mol. The number of thioether (sulfide) groups is 1. The van der Waals surface area contributed by atoms with E-state index in [-0.39, 0.29) is 0 Å². The molecule has 1 aromatic carbocycles. The molecule has 3 aromatic heterocycles. The molecule has 0 aliphatic carbocycles. The van der Waals surface area contributed by atoms with Gasteiger partial charge in [-0.25, -0.2) is 9.95 Å². The smallest absolute Gasteiger partial charge is 0.364 e. The first-order valence-corrected chi connectivity index (χ1v) is 9.69. The van der Waals surface area contributed by atoms with Crippen molar-refractivity contribution in [2.75, 3.05) is 0 Å². The lowest BCUT2D eigenvalue weighted by Crippen LogP contribution is -1.99. The molecule has 29 heavy (non-hydrogen) atoms. The first-order valence-electron chi connectivity index (χ1n) is 8.70. The van der Waals surface area contributed by atoms with Crippen LogP contribution in [0, 0.1) is 0 Å². The van der Waals surface area contributed by atoms with E-state index < -0.39 is 5.63 Å². The maximum absolute atomic E-state index is 12.2. The number of rotatable bonds is 5. The average Bonchev–Trinajstić information content (AvgIpc) is 3.48. The summed E-state index contributed by atoms with van der Waals surface area (Å²) in [6.07, 6.45) is 6.84. The van der Waals surface area contributed by atoms with E-state index >= 15 is 0 Å². The van der Waals surface area contributed by atoms with Gasteiger partial charge in [0.25, 0.3) is 5.22 Å². The lowest BCUT2D eigenvalue weighted by atomic mass is 10.0. The van der Waals surface area contributed by atoms with E-state index in [0.29, 0.717) is 28.1 Å². The summed E-state index contributed by atoms with van der Waals surface area (Å²) in [6.45, 7) is 0. The van der Waals surface area contributed by atoms with Crippen molar-refractivity contribution in [2.24, 2.45) is 4.99 Å². The number of allylic oxidation sites excluding steroid dienone is 1. The summed E-state index contributed by atoms with van der Waals surface area (Å²) in [6, 6.07) is 11.3. The molecular weight excluding hydrogens is 390 g/mol. The first kappa shape index (κ1) is 17.4. The fourth-order valence-electron chi connectivity index (χ4n) is 2.92. The maximum Gasteiger partial charge on any atom is 0.364 e. The van der Waals surface area contributed by atoms with Gasteiger partial charge in [0.1, 0.15) is 0 Å². The maximum atomic E-state index is 12.2. The van der Waals surface area contributed by atoms with Gasteiger partial charge in [0.2, 0.25) is 5.89 Å². The van der Waals surface area contributed by atoms with Gasteiger partial charge < -0.3 is 8.94 Å². The molecule has 1 aliphatic rings. The van der Waals surface area contributed by atoms with Crippen molar-refractivity contribution in [3.8, 4) is 11.5 Å². The minimum Gasteiger partial charge on any atom is -0.411 e.